The Kier molecular flexibility index (Phi) is 4.72. The second-order valence-electron chi connectivity index (χ2n) is 3.86. The van der Waals surface area contributed by atoms with Crippen LogP contribution in [0.1, 0.15) is 31.9 Å². The van der Waals surface area contributed by atoms with Crippen molar-refractivity contribution >= 4 is 0 Å². The molecule has 1 unspecified atom stereocenters. The van der Waals surface area contributed by atoms with E-state index in [4.69, 9.17) is 5.11 Å². The maximum atomic E-state index is 12.9. The van der Waals surface area contributed by atoms with E-state index in [1.165, 1.54) is 12.1 Å². The van der Waals surface area contributed by atoms with E-state index in [9.17, 15) is 4.39 Å². The Hall–Kier alpha value is -0.930. The number of hydrogen-bond acceptors (Lipinski definition) is 2. The first kappa shape index (κ1) is 12.1. The highest BCUT2D eigenvalue weighted by molar-refractivity contribution is 5.19. The van der Waals surface area contributed by atoms with E-state index in [0.717, 1.165) is 5.56 Å². The van der Waals surface area contributed by atoms with Gasteiger partial charge in [-0.15, -0.1) is 0 Å². The molecule has 84 valence electrons. The molecule has 1 aromatic carbocycles. The maximum Gasteiger partial charge on any atom is 0.123 e. The summed E-state index contributed by atoms with van der Waals surface area (Å²) >= 11 is 0. The molecule has 3 heteroatoms. The molecule has 0 aliphatic carbocycles. The molecule has 0 spiro atoms. The minimum Gasteiger partial charge on any atom is -0.396 e. The molecule has 0 bridgehead atoms. The van der Waals surface area contributed by atoms with E-state index in [-0.39, 0.29) is 24.5 Å². The van der Waals surface area contributed by atoms with Crippen LogP contribution in [-0.2, 0) is 0 Å². The van der Waals surface area contributed by atoms with Crippen molar-refractivity contribution in [2.75, 3.05) is 6.61 Å². The molecule has 2 atom stereocenters. The average Bonchev–Trinajstić information content (AvgIpc) is 2.18. The summed E-state index contributed by atoms with van der Waals surface area (Å²) < 4.78 is 12.9. The Labute approximate surface area is 90.1 Å². The SMILES string of the molecule is CC(N[C@H](C)CCO)c1cccc(F)c1. The van der Waals surface area contributed by atoms with Gasteiger partial charge >= 0.3 is 0 Å². The zero-order valence-electron chi connectivity index (χ0n) is 9.20. The molecule has 0 radical (unpaired) electrons. The molecule has 2 N–H and O–H groups in total. The van der Waals surface area contributed by atoms with E-state index in [1.807, 2.05) is 19.9 Å². The molecule has 1 rings (SSSR count). The van der Waals surface area contributed by atoms with Crippen molar-refractivity contribution in [3.05, 3.63) is 35.6 Å². The van der Waals surface area contributed by atoms with Gasteiger partial charge in [0, 0.05) is 18.7 Å². The summed E-state index contributed by atoms with van der Waals surface area (Å²) in [4.78, 5) is 0. The van der Waals surface area contributed by atoms with Gasteiger partial charge in [-0.2, -0.15) is 0 Å². The molecule has 2 nitrogen and oxygen atoms in total. The third kappa shape index (κ3) is 3.98. The standard InChI is InChI=1S/C12H18FNO/c1-9(6-7-15)14-10(2)11-4-3-5-12(13)8-11/h3-5,8-10,14-15H,6-7H2,1-2H3/t9-,10?/m1/s1. The number of hydrogen-bond donors (Lipinski definition) is 2. The summed E-state index contributed by atoms with van der Waals surface area (Å²) in [7, 11) is 0. The molecule has 15 heavy (non-hydrogen) atoms. The van der Waals surface area contributed by atoms with Gasteiger partial charge in [-0.3, -0.25) is 0 Å². The first-order valence-corrected chi connectivity index (χ1v) is 5.26. The van der Waals surface area contributed by atoms with E-state index < -0.39 is 0 Å². The number of benzene rings is 1. The fourth-order valence-electron chi connectivity index (χ4n) is 1.58. The van der Waals surface area contributed by atoms with Crippen molar-refractivity contribution < 1.29 is 9.50 Å². The van der Waals surface area contributed by atoms with Gasteiger partial charge in [0.2, 0.25) is 0 Å². The normalized spacial score (nSPS) is 14.9. The van der Waals surface area contributed by atoms with E-state index in [0.29, 0.717) is 6.42 Å². The van der Waals surface area contributed by atoms with Crippen LogP contribution in [0.15, 0.2) is 24.3 Å². The van der Waals surface area contributed by atoms with Crippen LogP contribution in [0.3, 0.4) is 0 Å². The quantitative estimate of drug-likeness (QED) is 0.783. The highest BCUT2D eigenvalue weighted by Gasteiger charge is 2.09. The molecule has 0 fully saturated rings. The lowest BCUT2D eigenvalue weighted by atomic mass is 10.1. The second kappa shape index (κ2) is 5.83. The largest absolute Gasteiger partial charge is 0.396 e. The van der Waals surface area contributed by atoms with Crippen molar-refractivity contribution in [1.29, 1.82) is 0 Å². The van der Waals surface area contributed by atoms with Crippen molar-refractivity contribution in [2.45, 2.75) is 32.4 Å². The van der Waals surface area contributed by atoms with Gasteiger partial charge in [-0.05, 0) is 38.0 Å². The Balaban J connectivity index is 2.56. The minimum atomic E-state index is -0.212. The highest BCUT2D eigenvalue weighted by atomic mass is 19.1. The van der Waals surface area contributed by atoms with E-state index >= 15 is 0 Å². The van der Waals surface area contributed by atoms with Crippen LogP contribution >= 0.6 is 0 Å². The summed E-state index contributed by atoms with van der Waals surface area (Å²) in [5, 5.41) is 12.1. The monoisotopic (exact) mass is 211 g/mol. The van der Waals surface area contributed by atoms with Crippen LogP contribution < -0.4 is 5.32 Å². The molecule has 1 aromatic rings. The zero-order chi connectivity index (χ0) is 11.3. The van der Waals surface area contributed by atoms with Crippen molar-refractivity contribution in [3.63, 3.8) is 0 Å². The predicted octanol–water partition coefficient (Wildman–Crippen LogP) is 2.25. The van der Waals surface area contributed by atoms with Crippen molar-refractivity contribution in [3.8, 4) is 0 Å². The van der Waals surface area contributed by atoms with Crippen LogP contribution in [0.5, 0.6) is 0 Å². The summed E-state index contributed by atoms with van der Waals surface area (Å²) in [5.41, 5.74) is 0.930. The van der Waals surface area contributed by atoms with Gasteiger partial charge in [-0.1, -0.05) is 12.1 Å². The summed E-state index contributed by atoms with van der Waals surface area (Å²) in [6, 6.07) is 6.90. The maximum absolute atomic E-state index is 12.9. The van der Waals surface area contributed by atoms with Crippen molar-refractivity contribution in [1.82, 2.24) is 5.32 Å². The Morgan fingerprint density at radius 1 is 1.40 bits per heavy atom. The predicted molar refractivity (Wildman–Crippen MR) is 59.1 cm³/mol. The van der Waals surface area contributed by atoms with Gasteiger partial charge in [-0.25, -0.2) is 4.39 Å². The molecule has 0 aliphatic rings. The van der Waals surface area contributed by atoms with Gasteiger partial charge in [0.25, 0.3) is 0 Å². The van der Waals surface area contributed by atoms with E-state index in [2.05, 4.69) is 5.32 Å². The lowest BCUT2D eigenvalue weighted by Crippen LogP contribution is -2.29. The smallest absolute Gasteiger partial charge is 0.123 e. The van der Waals surface area contributed by atoms with E-state index in [1.54, 1.807) is 6.07 Å². The van der Waals surface area contributed by atoms with Gasteiger partial charge in [0.1, 0.15) is 5.82 Å². The van der Waals surface area contributed by atoms with Gasteiger partial charge < -0.3 is 10.4 Å². The molecule has 0 aliphatic heterocycles. The number of aliphatic hydroxyl groups is 1. The van der Waals surface area contributed by atoms with Gasteiger partial charge in [0.05, 0.1) is 0 Å². The van der Waals surface area contributed by atoms with Gasteiger partial charge in [0.15, 0.2) is 0 Å². The first-order valence-electron chi connectivity index (χ1n) is 5.26. The number of nitrogens with one attached hydrogen (secondary N) is 1. The van der Waals surface area contributed by atoms with Crippen LogP contribution in [0.25, 0.3) is 0 Å². The van der Waals surface area contributed by atoms with Crippen LogP contribution in [0.4, 0.5) is 4.39 Å². The van der Waals surface area contributed by atoms with Crippen LogP contribution in [-0.4, -0.2) is 17.8 Å². The first-order chi connectivity index (χ1) is 7.13. The molecule has 0 saturated heterocycles. The summed E-state index contributed by atoms with van der Waals surface area (Å²) in [6.07, 6.45) is 0.708. The molecule has 0 aromatic heterocycles. The number of aliphatic hydroxyl groups excluding tert-OH is 1. The van der Waals surface area contributed by atoms with Crippen LogP contribution in [0.2, 0.25) is 0 Å². The topological polar surface area (TPSA) is 32.3 Å². The number of halogens is 1. The number of rotatable bonds is 5. The lowest BCUT2D eigenvalue weighted by Gasteiger charge is -2.19. The Morgan fingerprint density at radius 2 is 2.13 bits per heavy atom. The third-order valence-corrected chi connectivity index (χ3v) is 2.45. The van der Waals surface area contributed by atoms with Crippen molar-refractivity contribution in [2.24, 2.45) is 0 Å². The second-order valence-corrected chi connectivity index (χ2v) is 3.86. The van der Waals surface area contributed by atoms with Crippen LogP contribution in [0, 0.1) is 5.82 Å². The minimum absolute atomic E-state index is 0.0993. The fraction of sp³-hybridized carbons (Fsp3) is 0.500. The molecule has 0 heterocycles. The lowest BCUT2D eigenvalue weighted by molar-refractivity contribution is 0.264. The summed E-state index contributed by atoms with van der Waals surface area (Å²) in [5.74, 6) is -0.212. The summed E-state index contributed by atoms with van der Waals surface area (Å²) in [6.45, 7) is 4.17. The zero-order valence-corrected chi connectivity index (χ0v) is 9.20. The molecular formula is C12H18FNO. The average molecular weight is 211 g/mol. The molecule has 0 amide bonds. The third-order valence-electron chi connectivity index (χ3n) is 2.45. The Morgan fingerprint density at radius 3 is 2.73 bits per heavy atom. The fourth-order valence-corrected chi connectivity index (χ4v) is 1.58. The highest BCUT2D eigenvalue weighted by Crippen LogP contribution is 2.14. The molecular weight excluding hydrogens is 193 g/mol. The Bertz CT molecular complexity index is 303. The molecule has 0 saturated carbocycles.